The summed E-state index contributed by atoms with van der Waals surface area (Å²) in [6.45, 7) is 0.433. The third-order valence-corrected chi connectivity index (χ3v) is 7.94. The molecule has 0 radical (unpaired) electrons. The van der Waals surface area contributed by atoms with E-state index in [0.29, 0.717) is 16.7 Å². The Bertz CT molecular complexity index is 870. The van der Waals surface area contributed by atoms with Crippen LogP contribution < -0.4 is 0 Å². The molecule has 2 aliphatic rings. The second-order valence-electron chi connectivity index (χ2n) is 6.59. The van der Waals surface area contributed by atoms with Gasteiger partial charge in [0.2, 0.25) is 5.91 Å². The number of rotatable bonds is 6. The van der Waals surface area contributed by atoms with Gasteiger partial charge in [-0.05, 0) is 24.1 Å². The maximum absolute atomic E-state index is 12.1. The van der Waals surface area contributed by atoms with Crippen LogP contribution in [0.15, 0.2) is 29.3 Å². The molecule has 2 aliphatic heterocycles. The number of nitrogens with zero attached hydrogens (tertiary/aromatic N) is 2. The van der Waals surface area contributed by atoms with E-state index in [-0.39, 0.29) is 48.0 Å². The van der Waals surface area contributed by atoms with Crippen LogP contribution in [0, 0.1) is 0 Å². The summed E-state index contributed by atoms with van der Waals surface area (Å²) in [5.41, 5.74) is 0.941. The largest absolute Gasteiger partial charge is 0.481 e. The molecule has 2 atom stereocenters. The zero-order chi connectivity index (χ0) is 19.6. The molecule has 1 amide bonds. The average Bonchev–Trinajstić information content (AvgIpc) is 3.02. The van der Waals surface area contributed by atoms with E-state index >= 15 is 0 Å². The van der Waals surface area contributed by atoms with Gasteiger partial charge in [0.15, 0.2) is 15.0 Å². The highest BCUT2D eigenvalue weighted by atomic mass is 35.5. The van der Waals surface area contributed by atoms with Gasteiger partial charge in [-0.2, -0.15) is 4.99 Å². The van der Waals surface area contributed by atoms with Gasteiger partial charge in [-0.15, -0.1) is 0 Å². The summed E-state index contributed by atoms with van der Waals surface area (Å²) in [5.74, 6) is -1.21. The van der Waals surface area contributed by atoms with E-state index in [9.17, 15) is 18.0 Å². The molecule has 1 aromatic carbocycles. The number of amidine groups is 1. The number of fused-ring (bicyclic) bond motifs is 1. The van der Waals surface area contributed by atoms with E-state index in [2.05, 4.69) is 4.99 Å². The summed E-state index contributed by atoms with van der Waals surface area (Å²) in [7, 11) is -3.10. The number of hydrogen-bond donors (Lipinski definition) is 1. The zero-order valence-electron chi connectivity index (χ0n) is 14.4. The van der Waals surface area contributed by atoms with E-state index in [1.807, 2.05) is 17.0 Å². The highest BCUT2D eigenvalue weighted by molar-refractivity contribution is 8.15. The summed E-state index contributed by atoms with van der Waals surface area (Å²) < 4.78 is 24.0. The molecule has 2 heterocycles. The predicted octanol–water partition coefficient (Wildman–Crippen LogP) is 2.19. The minimum absolute atomic E-state index is 0.0461. The molecule has 146 valence electrons. The Morgan fingerprint density at radius 3 is 2.59 bits per heavy atom. The van der Waals surface area contributed by atoms with Crippen LogP contribution in [0.5, 0.6) is 0 Å². The number of carbonyl (C=O) groups excluding carboxylic acids is 1. The molecule has 27 heavy (non-hydrogen) atoms. The second-order valence-corrected chi connectivity index (χ2v) is 10.4. The van der Waals surface area contributed by atoms with Crippen LogP contribution in [0.1, 0.15) is 24.8 Å². The van der Waals surface area contributed by atoms with Gasteiger partial charge in [0.05, 0.1) is 17.5 Å². The number of amides is 1. The van der Waals surface area contributed by atoms with E-state index in [1.165, 1.54) is 11.8 Å². The quantitative estimate of drug-likeness (QED) is 0.737. The number of sulfone groups is 1. The molecule has 2 saturated heterocycles. The number of carboxylic acids is 1. The first-order chi connectivity index (χ1) is 12.7. The molecule has 0 bridgehead atoms. The first-order valence-electron chi connectivity index (χ1n) is 8.45. The van der Waals surface area contributed by atoms with Crippen molar-refractivity contribution < 1.29 is 23.1 Å². The first kappa shape index (κ1) is 20.2. The van der Waals surface area contributed by atoms with Gasteiger partial charge >= 0.3 is 5.97 Å². The third-order valence-electron chi connectivity index (χ3n) is 4.44. The lowest BCUT2D eigenvalue weighted by molar-refractivity contribution is -0.137. The minimum atomic E-state index is -3.10. The lowest BCUT2D eigenvalue weighted by Crippen LogP contribution is -2.37. The predicted molar refractivity (Wildman–Crippen MR) is 105 cm³/mol. The smallest absolute Gasteiger partial charge is 0.303 e. The summed E-state index contributed by atoms with van der Waals surface area (Å²) in [5, 5.41) is 9.64. The number of carboxylic acid groups (broad SMARTS) is 1. The lowest BCUT2D eigenvalue weighted by Gasteiger charge is -2.24. The summed E-state index contributed by atoms with van der Waals surface area (Å²) in [6, 6.07) is 7.01. The monoisotopic (exact) mass is 430 g/mol. The van der Waals surface area contributed by atoms with Crippen molar-refractivity contribution in [3.63, 3.8) is 0 Å². The van der Waals surface area contributed by atoms with Crippen molar-refractivity contribution in [2.75, 3.05) is 11.5 Å². The number of benzene rings is 1. The van der Waals surface area contributed by atoms with Gasteiger partial charge in [-0.3, -0.25) is 9.59 Å². The second kappa shape index (κ2) is 8.20. The van der Waals surface area contributed by atoms with Gasteiger partial charge in [0, 0.05) is 29.7 Å². The number of aliphatic carboxylic acids is 1. The van der Waals surface area contributed by atoms with E-state index < -0.39 is 15.8 Å². The van der Waals surface area contributed by atoms with Gasteiger partial charge < -0.3 is 10.0 Å². The van der Waals surface area contributed by atoms with Crippen LogP contribution in [0.3, 0.4) is 0 Å². The Labute approximate surface area is 166 Å². The van der Waals surface area contributed by atoms with Crippen molar-refractivity contribution in [3.05, 3.63) is 34.9 Å². The number of thioether (sulfide) groups is 1. The normalized spacial score (nSPS) is 24.9. The fraction of sp³-hybridized carbons (Fsp3) is 0.471. The van der Waals surface area contributed by atoms with Crippen molar-refractivity contribution >= 4 is 50.2 Å². The molecule has 1 N–H and O–H groups in total. The molecule has 0 spiro atoms. The standard InChI is InChI=1S/C17H19ClN2O5S2/c18-12-6-4-11(5-7-12)8-20-13-9-27(24,25)10-14(13)26-17(20)19-15(21)2-1-3-16(22)23/h4-7,13-14H,1-3,8-10H2,(H,22,23)/t13-,14+/m0/s1. The molecule has 1 aromatic rings. The Hall–Kier alpha value is -1.58. The molecule has 7 nitrogen and oxygen atoms in total. The molecule has 10 heteroatoms. The number of hydrogen-bond acceptors (Lipinski definition) is 5. The van der Waals surface area contributed by atoms with E-state index in [1.54, 1.807) is 12.1 Å². The topological polar surface area (TPSA) is 104 Å². The Morgan fingerprint density at radius 2 is 1.93 bits per heavy atom. The van der Waals surface area contributed by atoms with Crippen molar-refractivity contribution in [2.24, 2.45) is 4.99 Å². The number of aliphatic imine (C=N–C) groups is 1. The molecular weight excluding hydrogens is 412 g/mol. The highest BCUT2D eigenvalue weighted by Gasteiger charge is 2.48. The van der Waals surface area contributed by atoms with E-state index in [0.717, 1.165) is 5.56 Å². The highest BCUT2D eigenvalue weighted by Crippen LogP contribution is 2.39. The van der Waals surface area contributed by atoms with Crippen LogP contribution in [0.4, 0.5) is 0 Å². The van der Waals surface area contributed by atoms with Crippen LogP contribution >= 0.6 is 23.4 Å². The maximum atomic E-state index is 12.1. The van der Waals surface area contributed by atoms with Crippen molar-refractivity contribution in [1.82, 2.24) is 4.90 Å². The number of carbonyl (C=O) groups is 2. The first-order valence-corrected chi connectivity index (χ1v) is 11.5. The number of halogens is 1. The molecule has 3 rings (SSSR count). The van der Waals surface area contributed by atoms with Crippen molar-refractivity contribution in [1.29, 1.82) is 0 Å². The van der Waals surface area contributed by atoms with Crippen LogP contribution in [-0.2, 0) is 26.0 Å². The maximum Gasteiger partial charge on any atom is 0.303 e. The summed E-state index contributed by atoms with van der Waals surface area (Å²) >= 11 is 7.23. The molecule has 2 fully saturated rings. The van der Waals surface area contributed by atoms with Gasteiger partial charge in [0.25, 0.3) is 0 Å². The lowest BCUT2D eigenvalue weighted by atomic mass is 10.1. The average molecular weight is 431 g/mol. The zero-order valence-corrected chi connectivity index (χ0v) is 16.8. The van der Waals surface area contributed by atoms with Crippen LogP contribution in [-0.4, -0.2) is 58.3 Å². The molecule has 0 saturated carbocycles. The van der Waals surface area contributed by atoms with Crippen LogP contribution in [0.25, 0.3) is 0 Å². The third kappa shape index (κ3) is 5.24. The van der Waals surface area contributed by atoms with Crippen molar-refractivity contribution in [2.45, 2.75) is 37.1 Å². The SMILES string of the molecule is O=C(O)CCCC(=O)N=C1S[C@@H]2CS(=O)(=O)C[C@@H]2N1Cc1ccc(Cl)cc1. The summed E-state index contributed by atoms with van der Waals surface area (Å²) in [6.07, 6.45) is 0.203. The van der Waals surface area contributed by atoms with Gasteiger partial charge in [-0.1, -0.05) is 35.5 Å². The summed E-state index contributed by atoms with van der Waals surface area (Å²) in [4.78, 5) is 28.7. The fourth-order valence-corrected chi connectivity index (χ4v) is 7.25. The molecule has 0 unspecified atom stereocenters. The minimum Gasteiger partial charge on any atom is -0.481 e. The molecule has 0 aliphatic carbocycles. The van der Waals surface area contributed by atoms with E-state index in [4.69, 9.17) is 16.7 Å². The van der Waals surface area contributed by atoms with Crippen molar-refractivity contribution in [3.8, 4) is 0 Å². The Morgan fingerprint density at radius 1 is 1.22 bits per heavy atom. The fourth-order valence-electron chi connectivity index (χ4n) is 3.16. The Kier molecular flexibility index (Phi) is 6.12. The van der Waals surface area contributed by atoms with Gasteiger partial charge in [0.1, 0.15) is 0 Å². The van der Waals surface area contributed by atoms with Gasteiger partial charge in [-0.25, -0.2) is 8.42 Å². The Balaban J connectivity index is 1.77. The molecular formula is C17H19ClN2O5S2. The van der Waals surface area contributed by atoms with Crippen LogP contribution in [0.2, 0.25) is 5.02 Å². The molecule has 0 aromatic heterocycles.